The van der Waals surface area contributed by atoms with E-state index in [1.807, 2.05) is 48.5 Å². The monoisotopic (exact) mass is 1260 g/mol. The molecule has 8 N–H and O–H groups in total. The van der Waals surface area contributed by atoms with Crippen molar-refractivity contribution >= 4 is 56.2 Å². The molecule has 0 spiro atoms. The average Bonchev–Trinajstić information content (AvgIpc) is 1.06. The quantitative estimate of drug-likeness (QED) is 0.0109. The number of phenols is 1. The largest absolute Gasteiger partial charge is 0.478 e. The number of hydrogen-bond donors (Lipinski definition) is 8. The Hall–Kier alpha value is -9.54. The number of rotatable bonds is 21. The van der Waals surface area contributed by atoms with Gasteiger partial charge in [0.2, 0.25) is 0 Å². The summed E-state index contributed by atoms with van der Waals surface area (Å²) in [7, 11) is -8.88. The second-order valence-electron chi connectivity index (χ2n) is 19.8. The van der Waals surface area contributed by atoms with Crippen LogP contribution in [-0.2, 0) is 66.2 Å². The molecule has 452 valence electrons. The third-order valence-corrected chi connectivity index (χ3v) is 24.4. The molecule has 1 aromatic heterocycles. The van der Waals surface area contributed by atoms with E-state index in [1.54, 1.807) is 24.3 Å². The molecule has 27 nitrogen and oxygen atoms in total. The summed E-state index contributed by atoms with van der Waals surface area (Å²) < 4.78 is 78.9. The van der Waals surface area contributed by atoms with Crippen LogP contribution in [0.1, 0.15) is 83.9 Å². The number of aromatic amines is 1. The van der Waals surface area contributed by atoms with E-state index >= 15 is 0 Å². The zero-order valence-corrected chi connectivity index (χ0v) is 48.1. The number of benzene rings is 6. The summed E-state index contributed by atoms with van der Waals surface area (Å²) in [5.74, 6) is 2.31. The Balaban J connectivity index is 0.794. The molecule has 2 aliphatic carbocycles. The SMILES string of the molecule is O=C(NCc1ccc(C(=O)NCc2c3oc4cc(O)ccc4c(-c4cc(C(=O)NCC#CCc5cn([C@H]6CC[C@@H](COP(OO)(OOO)(P(=O)=O)P(=O)=O)O6)c(=O)[nH]c5=O)ccc4C(=O)O)c-3ccc2=O)cc1)OCC1c2ccccc2-c2ccccc21. The van der Waals surface area contributed by atoms with Gasteiger partial charge in [0.1, 0.15) is 23.7 Å². The summed E-state index contributed by atoms with van der Waals surface area (Å²) in [6, 6.07) is 32.8. The number of carboxylic acids is 1. The molecule has 30 heteroatoms. The number of carbonyl (C=O) groups excluding carboxylic acids is 3. The molecule has 2 aliphatic heterocycles. The third kappa shape index (κ3) is 12.1. The fraction of sp³-hybridized carbons (Fsp3) is 0.190. The van der Waals surface area contributed by atoms with E-state index in [1.165, 1.54) is 48.5 Å². The van der Waals surface area contributed by atoms with Gasteiger partial charge >= 0.3 is 185 Å². The number of ether oxygens (including phenoxy) is 2. The number of H-pyrrole nitrogens is 1. The number of hydrogen-bond acceptors (Lipinski definition) is 21. The fourth-order valence-corrected chi connectivity index (χ4v) is 14.8. The number of carbonyl (C=O) groups is 4. The molecular weight excluding hydrogens is 1210 g/mol. The van der Waals surface area contributed by atoms with E-state index in [9.17, 15) is 67.3 Å². The first-order valence-electron chi connectivity index (χ1n) is 26.4. The van der Waals surface area contributed by atoms with Crippen molar-refractivity contribution in [1.29, 1.82) is 0 Å². The zero-order chi connectivity index (χ0) is 62.5. The fourth-order valence-electron chi connectivity index (χ4n) is 10.3. The minimum Gasteiger partial charge on any atom is -0.478 e. The second-order valence-corrected chi connectivity index (χ2v) is 30.0. The molecule has 0 unspecified atom stereocenters. The molecule has 1 fully saturated rings. The molecule has 2 atom stereocenters. The van der Waals surface area contributed by atoms with Crippen LogP contribution in [-0.4, -0.2) is 80.0 Å². The second kappa shape index (κ2) is 25.8. The number of nitrogens with one attached hydrogen (secondary N) is 4. The molecule has 0 saturated carbocycles. The van der Waals surface area contributed by atoms with E-state index in [0.717, 1.165) is 33.0 Å². The van der Waals surface area contributed by atoms with Gasteiger partial charge in [0.25, 0.3) is 11.8 Å². The maximum absolute atomic E-state index is 13.7. The Bertz CT molecular complexity index is 4410. The van der Waals surface area contributed by atoms with Crippen LogP contribution >= 0.6 is 21.4 Å². The summed E-state index contributed by atoms with van der Waals surface area (Å²) in [5, 5.41) is 50.6. The summed E-state index contributed by atoms with van der Waals surface area (Å²) in [6.45, 7) is -7.98. The van der Waals surface area contributed by atoms with Gasteiger partial charge in [-0.3, -0.25) is 14.4 Å². The number of aromatic nitrogens is 2. The Morgan fingerprint density at radius 1 is 0.739 bits per heavy atom. The smallest absolute Gasteiger partial charge is 0.336 e. The number of aromatic carboxylic acids is 1. The van der Waals surface area contributed by atoms with Gasteiger partial charge in [-0.25, -0.2) is 9.59 Å². The van der Waals surface area contributed by atoms with Crippen LogP contribution in [0.5, 0.6) is 5.75 Å². The Labute approximate surface area is 495 Å². The summed E-state index contributed by atoms with van der Waals surface area (Å²) in [5.41, 5.74) is 2.98. The van der Waals surface area contributed by atoms with Gasteiger partial charge in [-0.05, 0) is 88.0 Å². The van der Waals surface area contributed by atoms with Crippen LogP contribution in [0.15, 0.2) is 146 Å². The first-order chi connectivity index (χ1) is 42.3. The summed E-state index contributed by atoms with van der Waals surface area (Å²) >= 11 is 0. The summed E-state index contributed by atoms with van der Waals surface area (Å²) in [6.07, 6.45) is -2.03. The molecule has 6 aromatic rings. The van der Waals surface area contributed by atoms with Gasteiger partial charge < -0.3 is 35.3 Å². The molecule has 0 radical (unpaired) electrons. The van der Waals surface area contributed by atoms with Crippen molar-refractivity contribution in [2.24, 2.45) is 0 Å². The number of carboxylic acid groups (broad SMARTS) is 1. The molecule has 0 bridgehead atoms. The van der Waals surface area contributed by atoms with Crippen molar-refractivity contribution in [1.82, 2.24) is 25.5 Å². The molecule has 88 heavy (non-hydrogen) atoms. The number of nitrogens with zero attached hydrogens (tertiary/aromatic N) is 1. The van der Waals surface area contributed by atoms with Gasteiger partial charge in [0.15, 0.2) is 5.43 Å². The van der Waals surface area contributed by atoms with Crippen LogP contribution in [0, 0.1) is 11.8 Å². The van der Waals surface area contributed by atoms with E-state index in [-0.39, 0.29) is 118 Å². The van der Waals surface area contributed by atoms with Crippen LogP contribution in [0.3, 0.4) is 0 Å². The van der Waals surface area contributed by atoms with Crippen LogP contribution in [0.25, 0.3) is 44.5 Å². The average molecular weight is 1260 g/mol. The van der Waals surface area contributed by atoms with Gasteiger partial charge in [-0.15, -0.1) is 0 Å². The van der Waals surface area contributed by atoms with Crippen molar-refractivity contribution in [2.75, 3.05) is 19.8 Å². The van der Waals surface area contributed by atoms with Crippen molar-refractivity contribution in [3.63, 3.8) is 0 Å². The van der Waals surface area contributed by atoms with Crippen molar-refractivity contribution in [3.05, 3.63) is 203 Å². The molecule has 1 saturated heterocycles. The van der Waals surface area contributed by atoms with Gasteiger partial charge in [0, 0.05) is 46.2 Å². The Kier molecular flexibility index (Phi) is 18.1. The van der Waals surface area contributed by atoms with Crippen LogP contribution in [0.2, 0.25) is 0 Å². The Morgan fingerprint density at radius 2 is 1.43 bits per heavy atom. The van der Waals surface area contributed by atoms with Crippen LogP contribution in [0.4, 0.5) is 4.79 Å². The van der Waals surface area contributed by atoms with E-state index in [0.29, 0.717) is 5.56 Å². The van der Waals surface area contributed by atoms with Gasteiger partial charge in [-0.2, -0.15) is 0 Å². The zero-order valence-electron chi connectivity index (χ0n) is 45.4. The van der Waals surface area contributed by atoms with Crippen molar-refractivity contribution in [2.45, 2.75) is 50.6 Å². The predicted octanol–water partition coefficient (Wildman–Crippen LogP) is 8.84. The number of fused-ring (bicyclic) bond motifs is 5. The Morgan fingerprint density at radius 3 is 2.11 bits per heavy atom. The molecular formula is C58H48N5O22P3. The summed E-state index contributed by atoms with van der Waals surface area (Å²) in [4.78, 5) is 94.5. The van der Waals surface area contributed by atoms with Gasteiger partial charge in [-0.1, -0.05) is 60.7 Å². The topological polar surface area (TPSA) is 394 Å². The molecule has 4 aliphatic rings. The standard InChI is InChI=1S/C58H48N5O22P3/c64-36-17-20-43-49(26-36)82-52-44(21-22-48(65)46(52)28-60-53(66)33-14-12-32(13-15-33)27-61-58(72)79-31-47-40-10-3-1-8-38(40)39-9-2-4-11-41(39)47)51(43)45-25-34(16-19-42(45)56(69)70)54(67)59-24-6-5-7-35-29-63(57(71)62-55(35)68)50-23-18-37(81-50)30-80-88(84-74,85-83-73,86(75)76)87(77)78/h1-4,8-17,19-22,25-26,29,37,47,50,64,73-74H,7,18,23-24,27-28,30-31H2,(H,59,67)(H,60,66)(H,61,72)(H,69,70)(H,62,68,71)/t37-,50+/m0/s1. The van der Waals surface area contributed by atoms with E-state index in [2.05, 4.69) is 47.2 Å². The predicted molar refractivity (Wildman–Crippen MR) is 309 cm³/mol. The number of alkyl carbamates (subject to hydrolysis) is 1. The molecule has 3 amide bonds. The molecule has 3 heterocycles. The number of amides is 3. The number of aromatic hydroxyl groups is 1. The van der Waals surface area contributed by atoms with E-state index < -0.39 is 80.9 Å². The minimum absolute atomic E-state index is 0.00549. The first kappa shape index (κ1) is 61.5. The van der Waals surface area contributed by atoms with Crippen LogP contribution < -0.4 is 32.6 Å². The van der Waals surface area contributed by atoms with E-state index in [4.69, 9.17) is 23.7 Å². The molecule has 10 rings (SSSR count). The molecule has 5 aromatic carbocycles. The third-order valence-electron chi connectivity index (χ3n) is 14.6. The first-order valence-corrected chi connectivity index (χ1v) is 32.2. The van der Waals surface area contributed by atoms with Crippen molar-refractivity contribution < 1.29 is 91.0 Å². The maximum atomic E-state index is 13.7. The maximum Gasteiger partial charge on any atom is 0.336 e. The van der Waals surface area contributed by atoms with Crippen molar-refractivity contribution in [3.8, 4) is 51.2 Å². The van der Waals surface area contributed by atoms with Gasteiger partial charge in [0.05, 0.1) is 17.7 Å². The minimum atomic E-state index is -6.60. The number of phenolic OH excluding ortho intramolecular Hbond substituents is 1. The normalized spacial score (nSPS) is 14.8.